The normalized spacial score (nSPS) is 23.7. The van der Waals surface area contributed by atoms with E-state index < -0.39 is 0 Å². The van der Waals surface area contributed by atoms with Gasteiger partial charge in [-0.2, -0.15) is 5.10 Å². The van der Waals surface area contributed by atoms with Crippen molar-refractivity contribution in [3.8, 4) is 11.5 Å². The first-order valence-corrected chi connectivity index (χ1v) is 12.6. The van der Waals surface area contributed by atoms with E-state index in [0.717, 1.165) is 49.0 Å². The number of piperidine rings is 3. The van der Waals surface area contributed by atoms with E-state index in [-0.39, 0.29) is 0 Å². The molecule has 0 aromatic carbocycles. The van der Waals surface area contributed by atoms with Crippen LogP contribution in [0.3, 0.4) is 0 Å². The summed E-state index contributed by atoms with van der Waals surface area (Å²) in [6.07, 6.45) is 7.95. The molecule has 3 aliphatic heterocycles. The number of furan rings is 1. The molecular weight excluding hydrogens is 436 g/mol. The molecule has 0 spiro atoms. The number of fused-ring (bicyclic) bond motifs is 3. The molecule has 0 radical (unpaired) electrons. The predicted octanol–water partition coefficient (Wildman–Crippen LogP) is 4.35. The average molecular weight is 469 g/mol. The molecule has 3 saturated heterocycles. The smallest absolute Gasteiger partial charge is 0.154 e. The molecular formula is C28H32N6O. The van der Waals surface area contributed by atoms with Gasteiger partial charge in [0.25, 0.3) is 0 Å². The largest absolute Gasteiger partial charge is 0.463 e. The van der Waals surface area contributed by atoms with Crippen LogP contribution in [0.2, 0.25) is 0 Å². The van der Waals surface area contributed by atoms with E-state index in [1.54, 1.807) is 6.26 Å². The Morgan fingerprint density at radius 2 is 1.77 bits per heavy atom. The number of aromatic nitrogens is 4. The molecule has 3 fully saturated rings. The lowest BCUT2D eigenvalue weighted by molar-refractivity contribution is 0.00727. The number of hydrogen-bond donors (Lipinski definition) is 0. The molecule has 4 aromatic rings. The van der Waals surface area contributed by atoms with E-state index in [1.807, 2.05) is 36.7 Å². The second-order valence-electron chi connectivity index (χ2n) is 9.91. The highest BCUT2D eigenvalue weighted by molar-refractivity contribution is 5.52. The first-order chi connectivity index (χ1) is 17.2. The van der Waals surface area contributed by atoms with Gasteiger partial charge in [-0.25, -0.2) is 0 Å². The third kappa shape index (κ3) is 4.79. The first-order valence-electron chi connectivity index (χ1n) is 12.6. The van der Waals surface area contributed by atoms with E-state index in [2.05, 4.69) is 61.8 Å². The van der Waals surface area contributed by atoms with Gasteiger partial charge in [0.15, 0.2) is 5.76 Å². The molecule has 1 unspecified atom stereocenters. The van der Waals surface area contributed by atoms with Gasteiger partial charge in [-0.3, -0.25) is 24.4 Å². The van der Waals surface area contributed by atoms with E-state index in [1.165, 1.54) is 25.1 Å². The summed E-state index contributed by atoms with van der Waals surface area (Å²) in [5, 5.41) is 4.76. The number of rotatable bonds is 8. The van der Waals surface area contributed by atoms with Gasteiger partial charge >= 0.3 is 0 Å². The lowest BCUT2D eigenvalue weighted by Gasteiger charge is -2.51. The van der Waals surface area contributed by atoms with E-state index in [9.17, 15) is 0 Å². The molecule has 7 heteroatoms. The molecule has 2 bridgehead atoms. The Labute approximate surface area is 206 Å². The van der Waals surface area contributed by atoms with Gasteiger partial charge in [0.2, 0.25) is 0 Å². The zero-order valence-electron chi connectivity index (χ0n) is 20.2. The minimum atomic E-state index is 0.515. The Bertz CT molecular complexity index is 1180. The van der Waals surface area contributed by atoms with Crippen molar-refractivity contribution in [1.29, 1.82) is 0 Å². The van der Waals surface area contributed by atoms with Crippen LogP contribution < -0.4 is 0 Å². The number of aryl methyl sites for hydroxylation is 1. The Morgan fingerprint density at radius 3 is 2.37 bits per heavy atom. The van der Waals surface area contributed by atoms with Gasteiger partial charge in [-0.05, 0) is 67.8 Å². The topological polar surface area (TPSA) is 63.2 Å². The number of nitrogens with zero attached hydrogens (tertiary/aromatic N) is 6. The fraction of sp³-hybridized carbons (Fsp3) is 0.393. The van der Waals surface area contributed by atoms with Crippen molar-refractivity contribution in [1.82, 2.24) is 29.5 Å². The van der Waals surface area contributed by atoms with Crippen LogP contribution in [0.1, 0.15) is 35.8 Å². The Hall–Kier alpha value is -3.29. The molecule has 0 N–H and O–H groups in total. The van der Waals surface area contributed by atoms with Crippen LogP contribution in [0.25, 0.3) is 11.5 Å². The van der Waals surface area contributed by atoms with Crippen LogP contribution in [0, 0.1) is 5.92 Å². The van der Waals surface area contributed by atoms with Crippen LogP contribution in [-0.2, 0) is 20.1 Å². The summed E-state index contributed by atoms with van der Waals surface area (Å²) in [6.45, 7) is 4.97. The summed E-state index contributed by atoms with van der Waals surface area (Å²) in [6, 6.07) is 19.0. The molecule has 7 heterocycles. The van der Waals surface area contributed by atoms with Crippen molar-refractivity contribution in [3.63, 3.8) is 0 Å². The van der Waals surface area contributed by atoms with Crippen molar-refractivity contribution in [2.24, 2.45) is 13.0 Å². The van der Waals surface area contributed by atoms with Gasteiger partial charge in [-0.1, -0.05) is 12.1 Å². The number of hydrogen-bond acceptors (Lipinski definition) is 6. The summed E-state index contributed by atoms with van der Waals surface area (Å²) in [4.78, 5) is 14.4. The van der Waals surface area contributed by atoms with Crippen molar-refractivity contribution >= 4 is 0 Å². The van der Waals surface area contributed by atoms with E-state index in [4.69, 9.17) is 9.52 Å². The lowest BCUT2D eigenvalue weighted by Crippen LogP contribution is -2.56. The van der Waals surface area contributed by atoms with Gasteiger partial charge in [0, 0.05) is 63.3 Å². The molecule has 0 aliphatic carbocycles. The van der Waals surface area contributed by atoms with Crippen molar-refractivity contribution in [2.45, 2.75) is 37.9 Å². The third-order valence-corrected chi connectivity index (χ3v) is 7.64. The molecule has 3 aliphatic rings. The number of pyridine rings is 2. The summed E-state index contributed by atoms with van der Waals surface area (Å²) >= 11 is 0. The Morgan fingerprint density at radius 1 is 1.00 bits per heavy atom. The van der Waals surface area contributed by atoms with Gasteiger partial charge in [0.1, 0.15) is 5.69 Å². The summed E-state index contributed by atoms with van der Waals surface area (Å²) in [5.74, 6) is 2.03. The quantitative estimate of drug-likeness (QED) is 0.383. The fourth-order valence-corrected chi connectivity index (χ4v) is 5.96. The Balaban J connectivity index is 1.18. The zero-order chi connectivity index (χ0) is 23.6. The SMILES string of the molecule is Cn1nc(-c2ccco2)cc1[C@H]1CN2CC[C@H]1C[C@@H]2CN(Cc1ccccn1)Cc1ccccn1. The van der Waals surface area contributed by atoms with Crippen molar-refractivity contribution < 1.29 is 4.42 Å². The minimum Gasteiger partial charge on any atom is -0.463 e. The van der Waals surface area contributed by atoms with Gasteiger partial charge < -0.3 is 4.42 Å². The predicted molar refractivity (Wildman–Crippen MR) is 134 cm³/mol. The maximum absolute atomic E-state index is 5.59. The third-order valence-electron chi connectivity index (χ3n) is 7.64. The molecule has 180 valence electrons. The van der Waals surface area contributed by atoms with Crippen molar-refractivity contribution in [3.05, 3.63) is 90.3 Å². The van der Waals surface area contributed by atoms with Crippen LogP contribution in [0.15, 0.2) is 77.7 Å². The lowest BCUT2D eigenvalue weighted by atomic mass is 9.74. The van der Waals surface area contributed by atoms with Gasteiger partial charge in [-0.15, -0.1) is 0 Å². The van der Waals surface area contributed by atoms with Gasteiger partial charge in [0.05, 0.1) is 17.7 Å². The van der Waals surface area contributed by atoms with E-state index >= 15 is 0 Å². The highest BCUT2D eigenvalue weighted by atomic mass is 16.3. The standard InChI is InChI=1S/C28H32N6O/c1-32-27(16-26(31-32)28-9-6-14-35-28)25-20-34-13-10-21(25)15-24(34)19-33(17-22-7-2-4-11-29-22)18-23-8-3-5-12-30-23/h2-9,11-12,14,16,21,24-25H,10,13,15,17-20H2,1H3/t21-,24+,25-/m0/s1. The zero-order valence-corrected chi connectivity index (χ0v) is 20.2. The average Bonchev–Trinajstić information content (AvgIpc) is 3.56. The molecule has 0 saturated carbocycles. The molecule has 0 amide bonds. The summed E-state index contributed by atoms with van der Waals surface area (Å²) in [5.41, 5.74) is 4.47. The minimum absolute atomic E-state index is 0.515. The molecule has 7 rings (SSSR count). The summed E-state index contributed by atoms with van der Waals surface area (Å²) in [7, 11) is 2.07. The second-order valence-corrected chi connectivity index (χ2v) is 9.91. The van der Waals surface area contributed by atoms with Crippen LogP contribution in [0.4, 0.5) is 0 Å². The maximum Gasteiger partial charge on any atom is 0.154 e. The molecule has 35 heavy (non-hydrogen) atoms. The fourth-order valence-electron chi connectivity index (χ4n) is 5.96. The van der Waals surface area contributed by atoms with E-state index in [0.29, 0.717) is 17.9 Å². The Kier molecular flexibility index (Phi) is 6.19. The monoisotopic (exact) mass is 468 g/mol. The molecule has 4 aromatic heterocycles. The molecule has 7 nitrogen and oxygen atoms in total. The highest BCUT2D eigenvalue weighted by Gasteiger charge is 2.42. The molecule has 4 atom stereocenters. The van der Waals surface area contributed by atoms with Crippen LogP contribution >= 0.6 is 0 Å². The maximum atomic E-state index is 5.59. The first kappa shape index (κ1) is 22.2. The summed E-state index contributed by atoms with van der Waals surface area (Å²) < 4.78 is 7.66. The highest BCUT2D eigenvalue weighted by Crippen LogP contribution is 2.42. The second kappa shape index (κ2) is 9.76. The van der Waals surface area contributed by atoms with Crippen molar-refractivity contribution in [2.75, 3.05) is 19.6 Å². The van der Waals surface area contributed by atoms with Crippen LogP contribution in [0.5, 0.6) is 0 Å². The van der Waals surface area contributed by atoms with Crippen LogP contribution in [-0.4, -0.2) is 55.2 Å².